The Labute approximate surface area is 203 Å². The fourth-order valence-electron chi connectivity index (χ4n) is 5.31. The number of rotatable bonds is 8. The Balaban J connectivity index is 2.47. The smallest absolute Gasteiger partial charge is 0.405 e. The first-order chi connectivity index (χ1) is 15.9. The number of halogens is 1. The van der Waals surface area contributed by atoms with Crippen molar-refractivity contribution in [2.45, 2.75) is 102 Å². The molecule has 1 aromatic carbocycles. The number of cyclic esters (lactones) is 1. The van der Waals surface area contributed by atoms with Crippen LogP contribution in [0.2, 0.25) is 16.6 Å². The van der Waals surface area contributed by atoms with Gasteiger partial charge in [0.25, 0.3) is 0 Å². The molecular formula is C25H40FNO6Si. The molecule has 1 saturated heterocycles. The lowest BCUT2D eigenvalue weighted by Crippen LogP contribution is -2.56. The second-order valence-electron chi connectivity index (χ2n) is 10.1. The summed E-state index contributed by atoms with van der Waals surface area (Å²) in [6.07, 6.45) is -2.39. The summed E-state index contributed by atoms with van der Waals surface area (Å²) in [4.78, 5) is 24.0. The molecular weight excluding hydrogens is 457 g/mol. The molecule has 2 N–H and O–H groups in total. The number of nitrogens with one attached hydrogen (secondary N) is 1. The van der Waals surface area contributed by atoms with Crippen molar-refractivity contribution < 1.29 is 33.0 Å². The van der Waals surface area contributed by atoms with E-state index in [9.17, 15) is 14.0 Å². The molecule has 1 aromatic rings. The quantitative estimate of drug-likeness (QED) is 0.375. The molecule has 1 aliphatic heterocycles. The van der Waals surface area contributed by atoms with Gasteiger partial charge in [0, 0.05) is 19.4 Å². The highest BCUT2D eigenvalue weighted by Gasteiger charge is 2.49. The largest absolute Gasteiger partial charge is 0.465 e. The fourth-order valence-corrected chi connectivity index (χ4v) is 10.9. The van der Waals surface area contributed by atoms with Gasteiger partial charge in [-0.15, -0.1) is 0 Å². The first-order valence-corrected chi connectivity index (χ1v) is 14.3. The van der Waals surface area contributed by atoms with Crippen LogP contribution in [0.1, 0.15) is 60.5 Å². The average molecular weight is 498 g/mol. The van der Waals surface area contributed by atoms with Crippen LogP contribution >= 0.6 is 0 Å². The van der Waals surface area contributed by atoms with Gasteiger partial charge in [-0.25, -0.2) is 14.0 Å². The molecule has 4 atom stereocenters. The van der Waals surface area contributed by atoms with Crippen LogP contribution in [-0.4, -0.2) is 56.4 Å². The number of hydrogen-bond acceptors (Lipinski definition) is 5. The van der Waals surface area contributed by atoms with Crippen molar-refractivity contribution in [1.29, 1.82) is 0 Å². The van der Waals surface area contributed by atoms with Crippen LogP contribution in [0.15, 0.2) is 24.3 Å². The summed E-state index contributed by atoms with van der Waals surface area (Å²) in [6, 6.07) is 5.22. The van der Waals surface area contributed by atoms with E-state index >= 15 is 0 Å². The Hall–Kier alpha value is -1.97. The maximum absolute atomic E-state index is 13.5. The molecule has 1 fully saturated rings. The van der Waals surface area contributed by atoms with E-state index in [0.29, 0.717) is 23.0 Å². The van der Waals surface area contributed by atoms with Gasteiger partial charge in [-0.2, -0.15) is 0 Å². The summed E-state index contributed by atoms with van der Waals surface area (Å²) >= 11 is 0. The molecule has 0 unspecified atom stereocenters. The second kappa shape index (κ2) is 12.1. The third-order valence-electron chi connectivity index (χ3n) is 6.85. The number of amides is 1. The molecule has 0 bridgehead atoms. The minimum absolute atomic E-state index is 0.144. The molecule has 9 heteroatoms. The third kappa shape index (κ3) is 6.79. The minimum atomic E-state index is -2.39. The van der Waals surface area contributed by atoms with Gasteiger partial charge >= 0.3 is 12.1 Å². The van der Waals surface area contributed by atoms with E-state index in [4.69, 9.17) is 19.0 Å². The van der Waals surface area contributed by atoms with Crippen molar-refractivity contribution in [2.75, 3.05) is 6.61 Å². The summed E-state index contributed by atoms with van der Waals surface area (Å²) in [5.41, 5.74) is 1.78. The van der Waals surface area contributed by atoms with E-state index in [1.165, 1.54) is 12.1 Å². The van der Waals surface area contributed by atoms with Gasteiger partial charge in [0.05, 0.1) is 6.10 Å². The molecule has 0 saturated carbocycles. The molecule has 192 valence electrons. The highest BCUT2D eigenvalue weighted by atomic mass is 28.4. The molecule has 0 radical (unpaired) electrons. The Morgan fingerprint density at radius 2 is 1.71 bits per heavy atom. The van der Waals surface area contributed by atoms with Gasteiger partial charge in [-0.3, -0.25) is 0 Å². The highest BCUT2D eigenvalue weighted by molar-refractivity contribution is 6.77. The number of carbonyl (C=O) groups excluding carboxylic acids is 1. The van der Waals surface area contributed by atoms with Crippen molar-refractivity contribution in [3.05, 3.63) is 35.6 Å². The van der Waals surface area contributed by atoms with Crippen LogP contribution < -0.4 is 5.32 Å². The SMILES string of the molecule is CC(C)[Si](O[C@H]1[C@H](C)OC(=O)[C@@H](NC(=O)O)CCO[C@@H]1Cc1ccc(F)cc1)(C(C)C)C(C)C. The van der Waals surface area contributed by atoms with E-state index in [0.717, 1.165) is 5.56 Å². The van der Waals surface area contributed by atoms with E-state index < -0.39 is 44.7 Å². The van der Waals surface area contributed by atoms with E-state index in [-0.39, 0.29) is 18.8 Å². The zero-order valence-electron chi connectivity index (χ0n) is 21.3. The van der Waals surface area contributed by atoms with Gasteiger partial charge in [0.1, 0.15) is 24.1 Å². The lowest BCUT2D eigenvalue weighted by Gasteiger charge is -2.47. The van der Waals surface area contributed by atoms with Crippen molar-refractivity contribution >= 4 is 20.4 Å². The zero-order valence-corrected chi connectivity index (χ0v) is 22.3. The van der Waals surface area contributed by atoms with Gasteiger partial charge < -0.3 is 24.3 Å². The Kier molecular flexibility index (Phi) is 10.1. The summed E-state index contributed by atoms with van der Waals surface area (Å²) in [5.74, 6) is -0.955. The topological polar surface area (TPSA) is 94.1 Å². The Morgan fingerprint density at radius 1 is 1.15 bits per heavy atom. The first-order valence-electron chi connectivity index (χ1n) is 12.1. The summed E-state index contributed by atoms with van der Waals surface area (Å²) in [7, 11) is -2.39. The summed E-state index contributed by atoms with van der Waals surface area (Å²) < 4.78 is 32.6. The highest BCUT2D eigenvalue weighted by Crippen LogP contribution is 2.44. The summed E-state index contributed by atoms with van der Waals surface area (Å²) in [5, 5.41) is 11.4. The number of esters is 1. The molecule has 0 aromatic heterocycles. The number of ether oxygens (including phenoxy) is 2. The molecule has 1 heterocycles. The molecule has 0 aliphatic carbocycles. The maximum Gasteiger partial charge on any atom is 0.405 e. The molecule has 1 amide bonds. The predicted molar refractivity (Wildman–Crippen MR) is 131 cm³/mol. The van der Waals surface area contributed by atoms with Crippen LogP contribution in [0, 0.1) is 5.82 Å². The van der Waals surface area contributed by atoms with E-state index in [2.05, 4.69) is 46.9 Å². The molecule has 0 spiro atoms. The number of benzene rings is 1. The van der Waals surface area contributed by atoms with Crippen LogP contribution in [0.5, 0.6) is 0 Å². The predicted octanol–water partition coefficient (Wildman–Crippen LogP) is 5.29. The fraction of sp³-hybridized carbons (Fsp3) is 0.680. The third-order valence-corrected chi connectivity index (χ3v) is 12.9. The second-order valence-corrected chi connectivity index (χ2v) is 15.5. The van der Waals surface area contributed by atoms with Crippen molar-refractivity contribution in [1.82, 2.24) is 5.32 Å². The van der Waals surface area contributed by atoms with Crippen LogP contribution in [-0.2, 0) is 25.1 Å². The lowest BCUT2D eigenvalue weighted by molar-refractivity contribution is -0.158. The van der Waals surface area contributed by atoms with Crippen LogP contribution in [0.4, 0.5) is 9.18 Å². The van der Waals surface area contributed by atoms with Crippen molar-refractivity contribution in [3.8, 4) is 0 Å². The van der Waals surface area contributed by atoms with Gasteiger partial charge in [0.15, 0.2) is 0 Å². The van der Waals surface area contributed by atoms with Crippen LogP contribution in [0.25, 0.3) is 0 Å². The van der Waals surface area contributed by atoms with E-state index in [1.807, 2.05) is 0 Å². The molecule has 34 heavy (non-hydrogen) atoms. The van der Waals surface area contributed by atoms with Crippen LogP contribution in [0.3, 0.4) is 0 Å². The van der Waals surface area contributed by atoms with Crippen molar-refractivity contribution in [2.24, 2.45) is 0 Å². The zero-order chi connectivity index (χ0) is 25.6. The van der Waals surface area contributed by atoms with E-state index in [1.54, 1.807) is 19.1 Å². The number of carboxylic acid groups (broad SMARTS) is 1. The Morgan fingerprint density at radius 3 is 2.21 bits per heavy atom. The molecule has 7 nitrogen and oxygen atoms in total. The standard InChI is InChI=1S/C25H40FNO6Si/c1-15(2)34(16(3)4,17(5)6)33-23-18(7)32-24(28)21(27-25(29)30)12-13-31-22(23)14-19-8-10-20(26)11-9-19/h8-11,15-18,21-23,27H,12-14H2,1-7H3,(H,29,30)/t18-,21-,22+,23-/m0/s1. The number of hydrogen-bond donors (Lipinski definition) is 2. The number of carbonyl (C=O) groups is 2. The van der Waals surface area contributed by atoms with Gasteiger partial charge in [-0.1, -0.05) is 53.7 Å². The minimum Gasteiger partial charge on any atom is -0.465 e. The van der Waals surface area contributed by atoms with Gasteiger partial charge in [0.2, 0.25) is 8.32 Å². The Bertz CT molecular complexity index is 794. The maximum atomic E-state index is 13.5. The average Bonchev–Trinajstić information content (AvgIpc) is 2.77. The monoisotopic (exact) mass is 497 g/mol. The summed E-state index contributed by atoms with van der Waals surface area (Å²) in [6.45, 7) is 15.0. The normalized spacial score (nSPS) is 24.5. The first kappa shape index (κ1) is 28.3. The van der Waals surface area contributed by atoms with Crippen molar-refractivity contribution in [3.63, 3.8) is 0 Å². The lowest BCUT2D eigenvalue weighted by atomic mass is 10.0. The molecule has 1 aliphatic rings. The van der Waals surface area contributed by atoms with Gasteiger partial charge in [-0.05, 0) is 41.2 Å². The molecule has 2 rings (SSSR count).